The molecule has 6 rings (SSSR count). The molecule has 0 radical (unpaired) electrons. The van der Waals surface area contributed by atoms with Crippen molar-refractivity contribution >= 4 is 33.4 Å². The van der Waals surface area contributed by atoms with Crippen LogP contribution in [0.5, 0.6) is 0 Å². The Hall–Kier alpha value is -3.87. The summed E-state index contributed by atoms with van der Waals surface area (Å²) in [6.45, 7) is 9.12. The number of rotatable bonds is 3. The molecule has 172 valence electrons. The number of aromatic nitrogens is 3. The third kappa shape index (κ3) is 3.07. The van der Waals surface area contributed by atoms with Crippen molar-refractivity contribution in [3.05, 3.63) is 70.7 Å². The van der Waals surface area contributed by atoms with Crippen LogP contribution < -0.4 is 10.5 Å². The van der Waals surface area contributed by atoms with Gasteiger partial charge >= 0.3 is 0 Å². The fraction of sp³-hybridized carbons (Fsp3) is 0.296. The van der Waals surface area contributed by atoms with E-state index in [-0.39, 0.29) is 11.5 Å². The zero-order valence-electron chi connectivity index (χ0n) is 19.3. The van der Waals surface area contributed by atoms with Crippen molar-refractivity contribution in [2.75, 3.05) is 31.1 Å². The Balaban J connectivity index is 1.53. The van der Waals surface area contributed by atoms with Crippen molar-refractivity contribution in [3.63, 3.8) is 0 Å². The second kappa shape index (κ2) is 7.87. The fourth-order valence-electron chi connectivity index (χ4n) is 5.70. The van der Waals surface area contributed by atoms with Gasteiger partial charge in [0.15, 0.2) is 0 Å². The minimum atomic E-state index is -0.0370. The molecule has 0 spiro atoms. The highest BCUT2D eigenvalue weighted by Crippen LogP contribution is 2.40. The van der Waals surface area contributed by atoms with Crippen LogP contribution in [0.15, 0.2) is 54.0 Å². The summed E-state index contributed by atoms with van der Waals surface area (Å²) in [7, 11) is 0. The van der Waals surface area contributed by atoms with E-state index in [0.29, 0.717) is 26.2 Å². The summed E-state index contributed by atoms with van der Waals surface area (Å²) >= 11 is 0. The Morgan fingerprint density at radius 3 is 2.71 bits per heavy atom. The number of carbonyl (C=O) groups excluding carboxylic acids is 1. The first-order valence-electron chi connectivity index (χ1n) is 11.9. The molecule has 0 aliphatic carbocycles. The SMILES string of the molecule is C=CC(=O)N1CCN(c2cc(=O)n3c4c(c(-c5c(C)ccc6[nH]ncc56)ccc24)CCC3)CC1. The maximum atomic E-state index is 13.3. The average molecular weight is 454 g/mol. The largest absolute Gasteiger partial charge is 0.367 e. The second-order valence-corrected chi connectivity index (χ2v) is 9.22. The number of H-pyrrole nitrogens is 1. The van der Waals surface area contributed by atoms with E-state index >= 15 is 0 Å². The smallest absolute Gasteiger partial charge is 0.253 e. The zero-order chi connectivity index (χ0) is 23.4. The van der Waals surface area contributed by atoms with Crippen molar-refractivity contribution in [2.45, 2.75) is 26.3 Å². The van der Waals surface area contributed by atoms with Gasteiger partial charge in [-0.2, -0.15) is 5.10 Å². The second-order valence-electron chi connectivity index (χ2n) is 9.22. The van der Waals surface area contributed by atoms with Crippen molar-refractivity contribution in [3.8, 4) is 11.1 Å². The van der Waals surface area contributed by atoms with Gasteiger partial charge in [-0.15, -0.1) is 0 Å². The van der Waals surface area contributed by atoms with Crippen LogP contribution in [0.25, 0.3) is 32.9 Å². The Labute approximate surface area is 197 Å². The molecule has 2 aliphatic heterocycles. The van der Waals surface area contributed by atoms with Gasteiger partial charge in [-0.1, -0.05) is 24.8 Å². The van der Waals surface area contributed by atoms with Gasteiger partial charge < -0.3 is 14.4 Å². The lowest BCUT2D eigenvalue weighted by Gasteiger charge is -2.36. The average Bonchev–Trinajstić information content (AvgIpc) is 3.35. The van der Waals surface area contributed by atoms with Crippen LogP contribution >= 0.6 is 0 Å². The maximum Gasteiger partial charge on any atom is 0.253 e. The number of hydrogen-bond donors (Lipinski definition) is 1. The molecule has 1 fully saturated rings. The van der Waals surface area contributed by atoms with E-state index in [1.165, 1.54) is 28.3 Å². The van der Waals surface area contributed by atoms with Crippen molar-refractivity contribution < 1.29 is 4.79 Å². The van der Waals surface area contributed by atoms with Gasteiger partial charge in [0.1, 0.15) is 0 Å². The predicted octanol–water partition coefficient (Wildman–Crippen LogP) is 3.63. The maximum absolute atomic E-state index is 13.3. The minimum absolute atomic E-state index is 0.0370. The highest BCUT2D eigenvalue weighted by atomic mass is 16.2. The number of nitrogens with zero attached hydrogens (tertiary/aromatic N) is 4. The van der Waals surface area contributed by atoms with Gasteiger partial charge in [0.05, 0.1) is 22.9 Å². The molecule has 0 atom stereocenters. The van der Waals surface area contributed by atoms with E-state index in [2.05, 4.69) is 52.9 Å². The molecule has 0 saturated carbocycles. The molecule has 2 aromatic carbocycles. The molecule has 0 bridgehead atoms. The number of pyridine rings is 1. The molecule has 2 aliphatic rings. The predicted molar refractivity (Wildman–Crippen MR) is 135 cm³/mol. The van der Waals surface area contributed by atoms with Crippen LogP contribution in [-0.2, 0) is 17.8 Å². The van der Waals surface area contributed by atoms with E-state index in [9.17, 15) is 9.59 Å². The summed E-state index contributed by atoms with van der Waals surface area (Å²) in [5.41, 5.74) is 7.88. The van der Waals surface area contributed by atoms with Gasteiger partial charge in [-0.25, -0.2) is 0 Å². The van der Waals surface area contributed by atoms with Crippen molar-refractivity contribution in [1.29, 1.82) is 0 Å². The molecule has 1 N–H and O–H groups in total. The van der Waals surface area contributed by atoms with E-state index in [4.69, 9.17) is 0 Å². The number of aromatic amines is 1. The van der Waals surface area contributed by atoms with Crippen LogP contribution in [-0.4, -0.2) is 51.8 Å². The van der Waals surface area contributed by atoms with Crippen LogP contribution in [0.3, 0.4) is 0 Å². The highest BCUT2D eigenvalue weighted by molar-refractivity contribution is 6.03. The van der Waals surface area contributed by atoms with E-state index < -0.39 is 0 Å². The summed E-state index contributed by atoms with van der Waals surface area (Å²) in [6.07, 6.45) is 5.14. The number of carbonyl (C=O) groups is 1. The summed E-state index contributed by atoms with van der Waals surface area (Å²) in [5, 5.41) is 9.57. The molecule has 0 unspecified atom stereocenters. The van der Waals surface area contributed by atoms with E-state index in [1.807, 2.05) is 15.7 Å². The summed E-state index contributed by atoms with van der Waals surface area (Å²) < 4.78 is 1.95. The monoisotopic (exact) mass is 453 g/mol. The third-order valence-electron chi connectivity index (χ3n) is 7.37. The topological polar surface area (TPSA) is 74.2 Å². The highest BCUT2D eigenvalue weighted by Gasteiger charge is 2.26. The van der Waals surface area contributed by atoms with E-state index in [0.717, 1.165) is 46.9 Å². The molecule has 2 aromatic heterocycles. The summed E-state index contributed by atoms with van der Waals surface area (Å²) in [6, 6.07) is 10.4. The number of aryl methyl sites for hydroxylation is 3. The number of hydrogen-bond acceptors (Lipinski definition) is 4. The number of amides is 1. The lowest BCUT2D eigenvalue weighted by Crippen LogP contribution is -2.48. The zero-order valence-corrected chi connectivity index (χ0v) is 19.3. The number of anilines is 1. The Morgan fingerprint density at radius 1 is 1.09 bits per heavy atom. The molecule has 1 amide bonds. The van der Waals surface area contributed by atoms with Gasteiger partial charge in [0.25, 0.3) is 5.56 Å². The quantitative estimate of drug-likeness (QED) is 0.481. The van der Waals surface area contributed by atoms with Crippen LogP contribution in [0.1, 0.15) is 17.5 Å². The van der Waals surface area contributed by atoms with Gasteiger partial charge in [-0.3, -0.25) is 14.7 Å². The van der Waals surface area contributed by atoms with Crippen LogP contribution in [0.4, 0.5) is 5.69 Å². The molecule has 7 nitrogen and oxygen atoms in total. The van der Waals surface area contributed by atoms with Crippen LogP contribution in [0.2, 0.25) is 0 Å². The van der Waals surface area contributed by atoms with E-state index in [1.54, 1.807) is 6.07 Å². The van der Waals surface area contributed by atoms with Crippen LogP contribution in [0, 0.1) is 6.92 Å². The molecule has 4 aromatic rings. The lowest BCUT2D eigenvalue weighted by atomic mass is 9.88. The Kier molecular flexibility index (Phi) is 4.79. The Bertz CT molecular complexity index is 1520. The number of benzene rings is 2. The van der Waals surface area contributed by atoms with Crippen molar-refractivity contribution in [1.82, 2.24) is 19.7 Å². The van der Waals surface area contributed by atoms with Crippen molar-refractivity contribution in [2.24, 2.45) is 0 Å². The first kappa shape index (κ1) is 20.7. The van der Waals surface area contributed by atoms with Gasteiger partial charge in [0.2, 0.25) is 5.91 Å². The number of nitrogens with one attached hydrogen (secondary N) is 1. The number of piperazine rings is 1. The summed E-state index contributed by atoms with van der Waals surface area (Å²) in [5.74, 6) is -0.0370. The normalized spacial score (nSPS) is 15.8. The first-order valence-corrected chi connectivity index (χ1v) is 11.9. The molecular formula is C27H27N5O2. The lowest BCUT2D eigenvalue weighted by molar-refractivity contribution is -0.126. The first-order chi connectivity index (χ1) is 16.6. The molecule has 34 heavy (non-hydrogen) atoms. The standard InChI is InChI=1S/C27H27N5O2/c1-3-24(33)31-13-11-30(12-14-31)23-15-25(34)32-10-4-5-19-18(7-8-20(23)27(19)32)26-17(2)6-9-22-21(26)16-28-29-22/h3,6-9,15-16H,1,4-5,10-14H2,2H3,(H,28,29). The third-order valence-corrected chi connectivity index (χ3v) is 7.37. The Morgan fingerprint density at radius 2 is 1.91 bits per heavy atom. The van der Waals surface area contributed by atoms with Gasteiger partial charge in [-0.05, 0) is 54.2 Å². The minimum Gasteiger partial charge on any atom is -0.367 e. The fourth-order valence-corrected chi connectivity index (χ4v) is 5.70. The molecular weight excluding hydrogens is 426 g/mol. The number of fused-ring (bicyclic) bond motifs is 1. The molecule has 7 heteroatoms. The molecule has 4 heterocycles. The summed E-state index contributed by atoms with van der Waals surface area (Å²) in [4.78, 5) is 29.3. The van der Waals surface area contributed by atoms with Gasteiger partial charge in [0, 0.05) is 49.6 Å². The molecule has 1 saturated heterocycles.